The molecule has 0 bridgehead atoms. The molecule has 0 aromatic heterocycles. The molecule has 0 aliphatic heterocycles. The van der Waals surface area contributed by atoms with Crippen molar-refractivity contribution >= 4 is 18.2 Å². The van der Waals surface area contributed by atoms with E-state index in [-0.39, 0.29) is 30.7 Å². The van der Waals surface area contributed by atoms with Crippen LogP contribution in [0.25, 0.3) is 0 Å². The normalized spacial score (nSPS) is 11.0. The van der Waals surface area contributed by atoms with Crippen LogP contribution in [-0.4, -0.2) is 63.4 Å². The van der Waals surface area contributed by atoms with Crippen LogP contribution in [0, 0.1) is 12.8 Å². The van der Waals surface area contributed by atoms with Crippen molar-refractivity contribution in [2.45, 2.75) is 66.0 Å². The fourth-order valence-electron chi connectivity index (χ4n) is 3.78. The van der Waals surface area contributed by atoms with Crippen molar-refractivity contribution in [3.63, 3.8) is 0 Å². The Kier molecular flexibility index (Phi) is 24.3. The lowest BCUT2D eigenvalue weighted by Gasteiger charge is -2.16. The predicted molar refractivity (Wildman–Crippen MR) is 168 cm³/mol. The molecule has 43 heavy (non-hydrogen) atoms. The van der Waals surface area contributed by atoms with Gasteiger partial charge in [-0.25, -0.2) is 0 Å². The Labute approximate surface area is 255 Å². The molecule has 0 aliphatic rings. The number of hydrogen-bond donors (Lipinski definition) is 4. The number of hydrogen-bond acceptors (Lipinski definition) is 5. The number of nitrogens with one attached hydrogen (secondary N) is 2. The first-order chi connectivity index (χ1) is 20.2. The summed E-state index contributed by atoms with van der Waals surface area (Å²) in [6.45, 7) is 10.3. The van der Waals surface area contributed by atoms with Gasteiger partial charge in [0.05, 0.1) is 12.1 Å². The first kappa shape index (κ1) is 41.7. The molecule has 11 heteroatoms. The quantitative estimate of drug-likeness (QED) is 0.196. The molecule has 3 amide bonds. The van der Waals surface area contributed by atoms with Crippen LogP contribution in [0.5, 0.6) is 0 Å². The summed E-state index contributed by atoms with van der Waals surface area (Å²) in [5.74, 6) is -0.204. The van der Waals surface area contributed by atoms with E-state index in [1.54, 1.807) is 13.0 Å². The third-order valence-electron chi connectivity index (χ3n) is 5.57. The number of benzene rings is 2. The number of rotatable bonds is 13. The number of carbonyl (C=O) groups excluding carboxylic acids is 3. The summed E-state index contributed by atoms with van der Waals surface area (Å²) in [5.41, 5.74) is 12.0. The van der Waals surface area contributed by atoms with E-state index in [0.717, 1.165) is 50.9 Å². The Morgan fingerprint density at radius 3 is 1.91 bits per heavy atom. The molecule has 1 unspecified atom stereocenters. The summed E-state index contributed by atoms with van der Waals surface area (Å²) in [4.78, 5) is 33.3. The molecule has 8 nitrogen and oxygen atoms in total. The molecule has 0 fully saturated rings. The van der Waals surface area contributed by atoms with Crippen molar-refractivity contribution < 1.29 is 27.6 Å². The van der Waals surface area contributed by atoms with Gasteiger partial charge in [0.2, 0.25) is 18.2 Å². The maximum absolute atomic E-state index is 12.0. The number of nitrogens with zero attached hydrogens (tertiary/aromatic N) is 1. The molecular weight excluding hydrogens is 559 g/mol. The van der Waals surface area contributed by atoms with Gasteiger partial charge in [-0.3, -0.25) is 14.4 Å². The highest BCUT2D eigenvalue weighted by molar-refractivity contribution is 5.78. The fourth-order valence-corrected chi connectivity index (χ4v) is 3.78. The van der Waals surface area contributed by atoms with E-state index in [0.29, 0.717) is 12.1 Å². The highest BCUT2D eigenvalue weighted by Crippen LogP contribution is 2.29. The second-order valence-corrected chi connectivity index (χ2v) is 10.3. The van der Waals surface area contributed by atoms with Gasteiger partial charge in [0, 0.05) is 19.0 Å². The second-order valence-electron chi connectivity index (χ2n) is 10.3. The van der Waals surface area contributed by atoms with Gasteiger partial charge in [-0.05, 0) is 70.4 Å². The molecule has 0 saturated carbocycles. The molecule has 0 saturated heterocycles. The van der Waals surface area contributed by atoms with E-state index in [1.807, 2.05) is 25.9 Å². The van der Waals surface area contributed by atoms with Gasteiger partial charge in [0.25, 0.3) is 0 Å². The number of nitrogens with two attached hydrogens (primary N) is 2. The van der Waals surface area contributed by atoms with Crippen LogP contribution in [0.2, 0.25) is 0 Å². The smallest absolute Gasteiger partial charge is 0.372 e. The largest absolute Gasteiger partial charge is 0.416 e. The van der Waals surface area contributed by atoms with Gasteiger partial charge < -0.3 is 27.0 Å². The van der Waals surface area contributed by atoms with Crippen LogP contribution in [0.3, 0.4) is 0 Å². The van der Waals surface area contributed by atoms with Crippen molar-refractivity contribution in [3.05, 3.63) is 70.8 Å². The number of carbonyl (C=O) groups is 3. The molecule has 244 valence electrons. The summed E-state index contributed by atoms with van der Waals surface area (Å²) in [5, 5.41) is 6.07. The highest BCUT2D eigenvalue weighted by atomic mass is 19.4. The summed E-state index contributed by atoms with van der Waals surface area (Å²) in [6.07, 6.45) is 1.09. The van der Waals surface area contributed by atoms with Crippen molar-refractivity contribution in [1.82, 2.24) is 15.5 Å². The number of primary amides is 2. The van der Waals surface area contributed by atoms with Crippen molar-refractivity contribution in [1.29, 1.82) is 0 Å². The van der Waals surface area contributed by atoms with Gasteiger partial charge in [-0.1, -0.05) is 75.2 Å². The summed E-state index contributed by atoms with van der Waals surface area (Å²) in [7, 11) is 3.95. The van der Waals surface area contributed by atoms with E-state index in [2.05, 4.69) is 54.5 Å². The first-order valence-corrected chi connectivity index (χ1v) is 14.5. The predicted octanol–water partition coefficient (Wildman–Crippen LogP) is 4.47. The molecule has 2 aromatic rings. The number of alkyl halides is 3. The van der Waals surface area contributed by atoms with Gasteiger partial charge in [-0.2, -0.15) is 13.2 Å². The van der Waals surface area contributed by atoms with Crippen LogP contribution in [0.4, 0.5) is 13.2 Å². The minimum absolute atomic E-state index is 0.00480. The third-order valence-corrected chi connectivity index (χ3v) is 5.57. The molecule has 1 atom stereocenters. The average molecular weight is 612 g/mol. The lowest BCUT2D eigenvalue weighted by Crippen LogP contribution is -2.35. The van der Waals surface area contributed by atoms with E-state index < -0.39 is 11.7 Å². The van der Waals surface area contributed by atoms with Gasteiger partial charge in [0.1, 0.15) is 0 Å². The van der Waals surface area contributed by atoms with Gasteiger partial charge >= 0.3 is 6.18 Å². The molecule has 0 spiro atoms. The van der Waals surface area contributed by atoms with Crippen LogP contribution in [0.15, 0.2) is 48.5 Å². The third kappa shape index (κ3) is 23.8. The Morgan fingerprint density at radius 2 is 1.49 bits per heavy atom. The Morgan fingerprint density at radius 1 is 0.977 bits per heavy atom. The van der Waals surface area contributed by atoms with Gasteiger partial charge in [0.15, 0.2) is 0 Å². The zero-order chi connectivity index (χ0) is 33.3. The molecule has 2 rings (SSSR count). The standard InChI is InChI=1S/C20H34N4O2.C8H7F3.C3H8.CH3NO/c1-16(15-24(2)3)20(26)23-13-7-11-18-9-5-4-8-17(18)10-6-12-22-14-19(21)25;1-6-3-2-4-7(5-6)8(9,10)11;1-3-2;2-1-3/h4-5,8-9,16,22H,6-7,10-15H2,1-3H3,(H2,21,25)(H,23,26);2-5H,1H3;3H2,1-2H3;1H,(H2,2,3). The molecule has 2 aromatic carbocycles. The van der Waals surface area contributed by atoms with Crippen molar-refractivity contribution in [2.24, 2.45) is 17.4 Å². The highest BCUT2D eigenvalue weighted by Gasteiger charge is 2.29. The Hall–Kier alpha value is -3.44. The SMILES string of the molecule is CC(CN(C)C)C(=O)NCCCc1ccccc1CCCNCC(N)=O.CCC.Cc1cccc(C(F)(F)F)c1.NC=O. The lowest BCUT2D eigenvalue weighted by atomic mass is 9.99. The number of aryl methyl sites for hydroxylation is 3. The molecular formula is C32H52F3N5O3. The van der Waals surface area contributed by atoms with Crippen molar-refractivity contribution in [2.75, 3.05) is 40.3 Å². The van der Waals surface area contributed by atoms with Gasteiger partial charge in [-0.15, -0.1) is 0 Å². The van der Waals surface area contributed by atoms with Crippen LogP contribution < -0.4 is 22.1 Å². The van der Waals surface area contributed by atoms with Crippen LogP contribution >= 0.6 is 0 Å². The Balaban J connectivity index is 0. The van der Waals surface area contributed by atoms with Crippen LogP contribution in [0.1, 0.15) is 62.3 Å². The maximum Gasteiger partial charge on any atom is 0.416 e. The molecule has 6 N–H and O–H groups in total. The monoisotopic (exact) mass is 611 g/mol. The fraction of sp³-hybridized carbons (Fsp3) is 0.531. The molecule has 0 aliphatic carbocycles. The summed E-state index contributed by atoms with van der Waals surface area (Å²) in [6, 6.07) is 13.6. The summed E-state index contributed by atoms with van der Waals surface area (Å²) < 4.78 is 35.9. The summed E-state index contributed by atoms with van der Waals surface area (Å²) >= 11 is 0. The zero-order valence-electron chi connectivity index (χ0n) is 26.6. The topological polar surface area (TPSA) is 131 Å². The van der Waals surface area contributed by atoms with E-state index >= 15 is 0 Å². The zero-order valence-corrected chi connectivity index (χ0v) is 26.6. The second kappa shape index (κ2) is 25.1. The minimum atomic E-state index is -4.22. The minimum Gasteiger partial charge on any atom is -0.372 e. The first-order valence-electron chi connectivity index (χ1n) is 14.5. The average Bonchev–Trinajstić information content (AvgIpc) is 2.92. The van der Waals surface area contributed by atoms with E-state index in [4.69, 9.17) is 10.5 Å². The maximum atomic E-state index is 12.0. The van der Waals surface area contributed by atoms with E-state index in [9.17, 15) is 22.8 Å². The molecule has 0 radical (unpaired) electrons. The Bertz CT molecular complexity index is 1030. The number of halogens is 3. The van der Waals surface area contributed by atoms with Crippen molar-refractivity contribution in [3.8, 4) is 0 Å². The molecule has 0 heterocycles. The lowest BCUT2D eigenvalue weighted by molar-refractivity contribution is -0.137. The van der Waals surface area contributed by atoms with Crippen LogP contribution in [-0.2, 0) is 33.4 Å². The van der Waals surface area contributed by atoms with E-state index in [1.165, 1.54) is 23.6 Å². The number of amides is 3.